The minimum absolute atomic E-state index is 0.105. The lowest BCUT2D eigenvalue weighted by molar-refractivity contribution is -0.161. The molecular weight excluding hydrogens is 1210 g/mol. The third-order valence-electron chi connectivity index (χ3n) is 17.0. The van der Waals surface area contributed by atoms with Gasteiger partial charge in [-0.3, -0.25) is 37.3 Å². The summed E-state index contributed by atoms with van der Waals surface area (Å²) in [5.74, 6) is -0.512. The quantitative estimate of drug-likeness (QED) is 0.0222. The van der Waals surface area contributed by atoms with Crippen molar-refractivity contribution in [2.24, 2.45) is 11.8 Å². The Kier molecular flexibility index (Phi) is 63.7. The molecule has 0 aromatic rings. The van der Waals surface area contributed by atoms with Crippen LogP contribution in [0.5, 0.6) is 0 Å². The zero-order chi connectivity index (χ0) is 67.9. The van der Waals surface area contributed by atoms with Gasteiger partial charge in [-0.2, -0.15) is 0 Å². The normalized spacial score (nSPS) is 14.1. The van der Waals surface area contributed by atoms with E-state index in [0.29, 0.717) is 25.7 Å². The maximum atomic E-state index is 13.1. The molecule has 0 aromatic carbocycles. The summed E-state index contributed by atoms with van der Waals surface area (Å²) in [6, 6.07) is 0. The van der Waals surface area contributed by atoms with E-state index >= 15 is 0 Å². The summed E-state index contributed by atoms with van der Waals surface area (Å²) in [4.78, 5) is 72.4. The summed E-state index contributed by atoms with van der Waals surface area (Å²) < 4.78 is 68.2. The third kappa shape index (κ3) is 66.7. The van der Waals surface area contributed by atoms with Gasteiger partial charge in [-0.15, -0.1) is 0 Å². The van der Waals surface area contributed by atoms with Gasteiger partial charge in [-0.25, -0.2) is 9.13 Å². The van der Waals surface area contributed by atoms with Gasteiger partial charge in [0.1, 0.15) is 19.3 Å². The lowest BCUT2D eigenvalue weighted by atomic mass is 10.0. The number of unbranched alkanes of at least 4 members (excludes halogenated alkanes) is 42. The predicted octanol–water partition coefficient (Wildman–Crippen LogP) is 21.2. The highest BCUT2D eigenvalue weighted by atomic mass is 31.2. The van der Waals surface area contributed by atoms with Gasteiger partial charge in [-0.05, 0) is 37.5 Å². The highest BCUT2D eigenvalue weighted by Gasteiger charge is 2.30. The van der Waals surface area contributed by atoms with E-state index in [0.717, 1.165) is 121 Å². The fourth-order valence-electron chi connectivity index (χ4n) is 11.1. The Hall–Kier alpha value is -1.94. The first-order valence-electron chi connectivity index (χ1n) is 38.0. The summed E-state index contributed by atoms with van der Waals surface area (Å²) >= 11 is 0. The molecule has 0 spiro atoms. The van der Waals surface area contributed by atoms with Crippen LogP contribution in [0.4, 0.5) is 0 Å². The smallest absolute Gasteiger partial charge is 0.462 e. The molecule has 0 aliphatic rings. The maximum Gasteiger partial charge on any atom is 0.472 e. The molecule has 3 N–H and O–H groups in total. The second-order valence-electron chi connectivity index (χ2n) is 27.3. The number of carbonyl (C=O) groups is 4. The van der Waals surface area contributed by atoms with Crippen molar-refractivity contribution in [2.45, 2.75) is 394 Å². The van der Waals surface area contributed by atoms with E-state index in [9.17, 15) is 43.2 Å². The summed E-state index contributed by atoms with van der Waals surface area (Å²) in [7, 11) is -9.89. The molecule has 0 heterocycles. The Bertz CT molecular complexity index is 1790. The van der Waals surface area contributed by atoms with Gasteiger partial charge in [0.15, 0.2) is 12.2 Å². The molecule has 19 heteroatoms. The summed E-state index contributed by atoms with van der Waals surface area (Å²) in [5, 5.41) is 10.6. The van der Waals surface area contributed by atoms with Crippen LogP contribution < -0.4 is 0 Å². The van der Waals surface area contributed by atoms with Gasteiger partial charge in [0.05, 0.1) is 26.4 Å². The molecule has 0 amide bonds. The van der Waals surface area contributed by atoms with E-state index < -0.39 is 97.5 Å². The molecule has 0 saturated heterocycles. The van der Waals surface area contributed by atoms with Crippen LogP contribution in [0.1, 0.15) is 375 Å². The predicted molar refractivity (Wildman–Crippen MR) is 372 cm³/mol. The Morgan fingerprint density at radius 3 is 0.739 bits per heavy atom. The van der Waals surface area contributed by atoms with Crippen molar-refractivity contribution >= 4 is 39.5 Å². The van der Waals surface area contributed by atoms with Gasteiger partial charge < -0.3 is 33.8 Å². The van der Waals surface area contributed by atoms with E-state index in [4.69, 9.17) is 37.0 Å². The third-order valence-corrected chi connectivity index (χ3v) is 18.9. The van der Waals surface area contributed by atoms with Crippen LogP contribution >= 0.6 is 15.6 Å². The average Bonchev–Trinajstić information content (AvgIpc) is 1.55. The standard InChI is InChI=1S/C73H142O17P2/c1-7-9-11-13-15-38-45-51-57-72(77)89-68(61-83-70(75)55-49-43-35-14-12-10-8-2)63-87-91(79,80)85-59-67(74)60-86-92(81,82)88-64-69(62-84-71(76)56-50-44-39-33-29-25-22-18-20-24-28-32-37-42-48-54-66(5)6)90-73(78)58-52-46-40-34-30-26-21-17-16-19-23-27-31-36-41-47-53-65(3)4/h65-69,74H,7-64H2,1-6H3,(H,79,80)(H,81,82)/t67-,68+,69+/m0/s1. The first-order chi connectivity index (χ1) is 44.4. The number of phosphoric ester groups is 2. The lowest BCUT2D eigenvalue weighted by Gasteiger charge is -2.21. The molecule has 0 bridgehead atoms. The number of phosphoric acid groups is 2. The van der Waals surface area contributed by atoms with Crippen molar-refractivity contribution in [3.63, 3.8) is 0 Å². The molecule has 5 atom stereocenters. The van der Waals surface area contributed by atoms with E-state index in [-0.39, 0.29) is 25.7 Å². The summed E-state index contributed by atoms with van der Waals surface area (Å²) in [6.45, 7) is 9.56. The van der Waals surface area contributed by atoms with Crippen LogP contribution in [0.25, 0.3) is 0 Å². The lowest BCUT2D eigenvalue weighted by Crippen LogP contribution is -2.30. The van der Waals surface area contributed by atoms with Crippen molar-refractivity contribution in [3.8, 4) is 0 Å². The molecule has 92 heavy (non-hydrogen) atoms. The SMILES string of the molecule is CCCCCCCCCCC(=O)O[C@H](COC(=O)CCCCCCCCC)COP(=O)(O)OC[C@H](O)COP(=O)(O)OC[C@@H](COC(=O)CCCCCCCCCCCCCCCCCC(C)C)OC(=O)CCCCCCCCCCCCCCCCCCC(C)C. The molecule has 0 aliphatic carbocycles. The van der Waals surface area contributed by atoms with Crippen LogP contribution in [0.2, 0.25) is 0 Å². The molecule has 0 fully saturated rings. The van der Waals surface area contributed by atoms with Crippen molar-refractivity contribution in [1.29, 1.82) is 0 Å². The number of hydrogen-bond acceptors (Lipinski definition) is 15. The molecule has 17 nitrogen and oxygen atoms in total. The molecule has 0 aromatic heterocycles. The zero-order valence-electron chi connectivity index (χ0n) is 59.9. The Balaban J connectivity index is 5.14. The van der Waals surface area contributed by atoms with Crippen molar-refractivity contribution in [2.75, 3.05) is 39.6 Å². The van der Waals surface area contributed by atoms with Crippen LogP contribution in [0.3, 0.4) is 0 Å². The molecule has 546 valence electrons. The van der Waals surface area contributed by atoms with E-state index in [1.165, 1.54) is 173 Å². The topological polar surface area (TPSA) is 237 Å². The van der Waals surface area contributed by atoms with Gasteiger partial charge in [0, 0.05) is 25.7 Å². The minimum atomic E-state index is -4.95. The van der Waals surface area contributed by atoms with Crippen molar-refractivity contribution in [1.82, 2.24) is 0 Å². The van der Waals surface area contributed by atoms with Crippen LogP contribution in [0, 0.1) is 11.8 Å². The average molecular weight is 1350 g/mol. The fourth-order valence-corrected chi connectivity index (χ4v) is 12.7. The zero-order valence-corrected chi connectivity index (χ0v) is 61.6. The van der Waals surface area contributed by atoms with E-state index in [1.54, 1.807) is 0 Å². The highest BCUT2D eigenvalue weighted by molar-refractivity contribution is 7.47. The van der Waals surface area contributed by atoms with Gasteiger partial charge in [-0.1, -0.05) is 324 Å². The number of aliphatic hydroxyl groups is 1. The first-order valence-corrected chi connectivity index (χ1v) is 41.0. The van der Waals surface area contributed by atoms with Crippen LogP contribution in [0.15, 0.2) is 0 Å². The van der Waals surface area contributed by atoms with Gasteiger partial charge >= 0.3 is 39.5 Å². The molecule has 0 aliphatic heterocycles. The molecule has 0 saturated carbocycles. The largest absolute Gasteiger partial charge is 0.472 e. The second-order valence-corrected chi connectivity index (χ2v) is 30.2. The Morgan fingerprint density at radius 2 is 0.500 bits per heavy atom. The number of carbonyl (C=O) groups excluding carboxylic acids is 4. The Labute approximate surface area is 562 Å². The summed E-state index contributed by atoms with van der Waals surface area (Å²) in [5.41, 5.74) is 0. The molecular formula is C73H142O17P2. The van der Waals surface area contributed by atoms with E-state index in [2.05, 4.69) is 41.5 Å². The number of esters is 4. The summed E-state index contributed by atoms with van der Waals surface area (Å²) in [6.07, 6.45) is 51.6. The maximum absolute atomic E-state index is 13.1. The van der Waals surface area contributed by atoms with Gasteiger partial charge in [0.2, 0.25) is 0 Å². The van der Waals surface area contributed by atoms with E-state index in [1.807, 2.05) is 0 Å². The molecule has 0 rings (SSSR count). The van der Waals surface area contributed by atoms with Crippen molar-refractivity contribution < 1.29 is 80.2 Å². The number of hydrogen-bond donors (Lipinski definition) is 3. The number of rotatable bonds is 72. The molecule has 2 unspecified atom stereocenters. The van der Waals surface area contributed by atoms with Crippen LogP contribution in [-0.2, 0) is 65.4 Å². The number of aliphatic hydroxyl groups excluding tert-OH is 1. The van der Waals surface area contributed by atoms with Crippen LogP contribution in [-0.4, -0.2) is 96.7 Å². The Morgan fingerprint density at radius 1 is 0.293 bits per heavy atom. The molecule has 0 radical (unpaired) electrons. The second kappa shape index (κ2) is 65.0. The monoisotopic (exact) mass is 1350 g/mol. The minimum Gasteiger partial charge on any atom is -0.462 e. The van der Waals surface area contributed by atoms with Gasteiger partial charge in [0.25, 0.3) is 0 Å². The van der Waals surface area contributed by atoms with Crippen molar-refractivity contribution in [3.05, 3.63) is 0 Å². The fraction of sp³-hybridized carbons (Fsp3) is 0.945. The number of ether oxygens (including phenoxy) is 4. The highest BCUT2D eigenvalue weighted by Crippen LogP contribution is 2.45. The first kappa shape index (κ1) is 90.1.